The van der Waals surface area contributed by atoms with Crippen LogP contribution in [0.3, 0.4) is 0 Å². The summed E-state index contributed by atoms with van der Waals surface area (Å²) in [5.74, 6) is -0.0743. The molecule has 0 amide bonds. The van der Waals surface area contributed by atoms with E-state index in [-0.39, 0.29) is 17.7 Å². The Kier molecular flexibility index (Phi) is 7.46. The average molecular weight is 320 g/mol. The third kappa shape index (κ3) is 5.81. The Bertz CT molecular complexity index is 541. The molecule has 4 heteroatoms. The topological polar surface area (TPSA) is 77.8 Å². The molecule has 0 radical (unpaired) electrons. The van der Waals surface area contributed by atoms with Crippen LogP contribution in [0.15, 0.2) is 18.2 Å². The van der Waals surface area contributed by atoms with Crippen LogP contribution >= 0.6 is 0 Å². The highest BCUT2D eigenvalue weighted by Crippen LogP contribution is 2.27. The lowest BCUT2D eigenvalue weighted by molar-refractivity contribution is -0.0469. The number of aliphatic hydroxyl groups excluding tert-OH is 1. The van der Waals surface area contributed by atoms with E-state index in [0.29, 0.717) is 11.8 Å². The fourth-order valence-electron chi connectivity index (χ4n) is 2.34. The molecule has 1 rings (SSSR count). The van der Waals surface area contributed by atoms with E-state index in [9.17, 15) is 20.1 Å². The number of hydrogen-bond acceptors (Lipinski definition) is 4. The van der Waals surface area contributed by atoms with E-state index in [4.69, 9.17) is 0 Å². The molecule has 0 bridgehead atoms. The molecule has 0 fully saturated rings. The highest BCUT2D eigenvalue weighted by Gasteiger charge is 2.25. The maximum absolute atomic E-state index is 11.3. The molecule has 1 aromatic carbocycles. The van der Waals surface area contributed by atoms with Crippen molar-refractivity contribution in [2.75, 3.05) is 0 Å². The van der Waals surface area contributed by atoms with Crippen molar-refractivity contribution < 1.29 is 20.1 Å². The Morgan fingerprint density at radius 2 is 1.91 bits per heavy atom. The van der Waals surface area contributed by atoms with Gasteiger partial charge in [0.15, 0.2) is 6.29 Å². The number of phenols is 1. The van der Waals surface area contributed by atoms with Gasteiger partial charge < -0.3 is 15.3 Å². The molecule has 0 aliphatic carbocycles. The van der Waals surface area contributed by atoms with Crippen LogP contribution in [-0.4, -0.2) is 33.3 Å². The molecule has 0 aromatic heterocycles. The van der Waals surface area contributed by atoms with Crippen LogP contribution in [0.2, 0.25) is 0 Å². The lowest BCUT2D eigenvalue weighted by atomic mass is 9.90. The van der Waals surface area contributed by atoms with E-state index < -0.39 is 11.7 Å². The lowest BCUT2D eigenvalue weighted by Crippen LogP contribution is -2.37. The second-order valence-corrected chi connectivity index (χ2v) is 6.46. The lowest BCUT2D eigenvalue weighted by Gasteiger charge is -2.25. The number of aromatic hydroxyl groups is 1. The van der Waals surface area contributed by atoms with Crippen molar-refractivity contribution in [2.24, 2.45) is 0 Å². The van der Waals surface area contributed by atoms with Gasteiger partial charge >= 0.3 is 0 Å². The maximum Gasteiger partial charge on any atom is 0.154 e. The second kappa shape index (κ2) is 8.85. The number of unbranched alkanes of at least 4 members (excludes halogenated alkanes) is 3. The van der Waals surface area contributed by atoms with Crippen molar-refractivity contribution in [1.82, 2.24) is 0 Å². The summed E-state index contributed by atoms with van der Waals surface area (Å²) in [5.41, 5.74) is 0.324. The zero-order chi connectivity index (χ0) is 17.5. The first-order valence-corrected chi connectivity index (χ1v) is 8.18. The fourth-order valence-corrected chi connectivity index (χ4v) is 2.34. The second-order valence-electron chi connectivity index (χ2n) is 6.46. The number of aliphatic hydroxyl groups is 2. The summed E-state index contributed by atoms with van der Waals surface area (Å²) < 4.78 is 0. The minimum atomic E-state index is -1.23. The van der Waals surface area contributed by atoms with E-state index in [2.05, 4.69) is 6.92 Å². The monoisotopic (exact) mass is 320 g/mol. The molecule has 0 heterocycles. The van der Waals surface area contributed by atoms with Gasteiger partial charge in [0.25, 0.3) is 0 Å². The van der Waals surface area contributed by atoms with Gasteiger partial charge in [0.05, 0.1) is 17.3 Å². The Labute approximate surface area is 138 Å². The summed E-state index contributed by atoms with van der Waals surface area (Å²) >= 11 is 0. The van der Waals surface area contributed by atoms with E-state index in [1.165, 1.54) is 6.07 Å². The highest BCUT2D eigenvalue weighted by atomic mass is 16.3. The molecule has 0 spiro atoms. The van der Waals surface area contributed by atoms with Crippen molar-refractivity contribution in [3.8, 4) is 5.75 Å². The largest absolute Gasteiger partial charge is 0.507 e. The number of carbonyl (C=O) groups excluding carboxylic acids is 1. The summed E-state index contributed by atoms with van der Waals surface area (Å²) in [5, 5.41) is 29.9. The van der Waals surface area contributed by atoms with Crippen molar-refractivity contribution >= 4 is 12.4 Å². The molecule has 1 aromatic rings. The summed E-state index contributed by atoms with van der Waals surface area (Å²) in [4.78, 5) is 11.3. The van der Waals surface area contributed by atoms with Crippen molar-refractivity contribution in [2.45, 2.75) is 64.6 Å². The number of aldehydes is 1. The van der Waals surface area contributed by atoms with Gasteiger partial charge in [-0.1, -0.05) is 38.0 Å². The van der Waals surface area contributed by atoms with Gasteiger partial charge in [-0.15, -0.1) is 0 Å². The van der Waals surface area contributed by atoms with E-state index in [1.54, 1.807) is 19.9 Å². The summed E-state index contributed by atoms with van der Waals surface area (Å²) in [6, 6.07) is 3.13. The zero-order valence-corrected chi connectivity index (χ0v) is 14.2. The molecule has 23 heavy (non-hydrogen) atoms. The third-order valence-corrected chi connectivity index (χ3v) is 3.96. The molecule has 3 N–H and O–H groups in total. The molecule has 1 atom stereocenters. The Morgan fingerprint density at radius 3 is 2.48 bits per heavy atom. The molecule has 0 aliphatic heterocycles. The van der Waals surface area contributed by atoms with E-state index in [1.807, 2.05) is 12.2 Å². The first-order valence-electron chi connectivity index (χ1n) is 8.18. The number of phenolic OH excluding ortho intramolecular Hbond substituents is 1. The average Bonchev–Trinajstić information content (AvgIpc) is 2.48. The molecular formula is C19H28O4. The van der Waals surface area contributed by atoms with Gasteiger partial charge in [-0.2, -0.15) is 0 Å². The number of benzene rings is 1. The van der Waals surface area contributed by atoms with Gasteiger partial charge in [-0.3, -0.25) is 4.79 Å². The predicted octanol–water partition coefficient (Wildman–Crippen LogP) is 3.47. The van der Waals surface area contributed by atoms with Crippen molar-refractivity contribution in [3.05, 3.63) is 34.9 Å². The fraction of sp³-hybridized carbons (Fsp3) is 0.526. The standard InChI is InChI=1S/C19H28O4/c1-4-5-6-7-8-9-15-14(12-18(22)19(2,3)23)10-11-17(21)16(15)13-20/h8-11,13,18,21-23H,4-7,12H2,1-3H3/t18-/m0/s1. The normalized spacial score (nSPS) is 13.4. The van der Waals surface area contributed by atoms with Crippen LogP contribution in [0, 0.1) is 0 Å². The van der Waals surface area contributed by atoms with Crippen LogP contribution < -0.4 is 0 Å². The number of carbonyl (C=O) groups is 1. The van der Waals surface area contributed by atoms with Gasteiger partial charge in [-0.05, 0) is 43.9 Å². The third-order valence-electron chi connectivity index (χ3n) is 3.96. The number of rotatable bonds is 9. The summed E-state index contributed by atoms with van der Waals surface area (Å²) in [6.07, 6.45) is 7.94. The minimum absolute atomic E-state index is 0.0743. The van der Waals surface area contributed by atoms with Crippen LogP contribution in [0.1, 0.15) is 67.9 Å². The van der Waals surface area contributed by atoms with E-state index >= 15 is 0 Å². The Hall–Kier alpha value is -1.65. The molecular weight excluding hydrogens is 292 g/mol. The molecule has 0 saturated carbocycles. The SMILES string of the molecule is CCCCCC=Cc1c(C[C@H](O)C(C)(C)O)ccc(O)c1C=O. The van der Waals surface area contributed by atoms with Crippen LogP contribution in [-0.2, 0) is 6.42 Å². The van der Waals surface area contributed by atoms with Gasteiger partial charge in [-0.25, -0.2) is 0 Å². The molecule has 128 valence electrons. The number of allylic oxidation sites excluding steroid dienone is 1. The maximum atomic E-state index is 11.3. The number of hydrogen-bond donors (Lipinski definition) is 3. The summed E-state index contributed by atoms with van der Waals surface area (Å²) in [7, 11) is 0. The molecule has 0 aliphatic rings. The van der Waals surface area contributed by atoms with Crippen LogP contribution in [0.4, 0.5) is 0 Å². The zero-order valence-electron chi connectivity index (χ0n) is 14.2. The quantitative estimate of drug-likeness (QED) is 0.481. The van der Waals surface area contributed by atoms with E-state index in [0.717, 1.165) is 31.2 Å². The van der Waals surface area contributed by atoms with Crippen LogP contribution in [0.5, 0.6) is 5.75 Å². The van der Waals surface area contributed by atoms with Gasteiger partial charge in [0.2, 0.25) is 0 Å². The van der Waals surface area contributed by atoms with Crippen molar-refractivity contribution in [1.29, 1.82) is 0 Å². The van der Waals surface area contributed by atoms with Gasteiger partial charge in [0.1, 0.15) is 5.75 Å². The smallest absolute Gasteiger partial charge is 0.154 e. The summed E-state index contributed by atoms with van der Waals surface area (Å²) in [6.45, 7) is 5.22. The van der Waals surface area contributed by atoms with Crippen molar-refractivity contribution in [3.63, 3.8) is 0 Å². The van der Waals surface area contributed by atoms with Crippen LogP contribution in [0.25, 0.3) is 6.08 Å². The molecule has 0 unspecified atom stereocenters. The van der Waals surface area contributed by atoms with Gasteiger partial charge in [0, 0.05) is 6.42 Å². The predicted molar refractivity (Wildman–Crippen MR) is 92.7 cm³/mol. The highest BCUT2D eigenvalue weighted by molar-refractivity contribution is 5.86. The first-order chi connectivity index (χ1) is 10.8. The minimum Gasteiger partial charge on any atom is -0.507 e. The molecule has 0 saturated heterocycles. The Balaban J connectivity index is 3.07. The molecule has 4 nitrogen and oxygen atoms in total. The first kappa shape index (κ1) is 19.4. The Morgan fingerprint density at radius 1 is 1.22 bits per heavy atom.